The Bertz CT molecular complexity index is 971. The fourth-order valence-corrected chi connectivity index (χ4v) is 5.45. The quantitative estimate of drug-likeness (QED) is 0.683. The molecular formula is C19H24N4O5S. The van der Waals surface area contributed by atoms with Crippen molar-refractivity contribution in [2.24, 2.45) is 0 Å². The number of piperazine rings is 1. The zero-order chi connectivity index (χ0) is 20.8. The molecule has 29 heavy (non-hydrogen) atoms. The van der Waals surface area contributed by atoms with E-state index in [4.69, 9.17) is 0 Å². The van der Waals surface area contributed by atoms with Crippen LogP contribution in [0, 0.1) is 0 Å². The number of carbonyl (C=O) groups is 3. The van der Waals surface area contributed by atoms with Crippen molar-refractivity contribution in [1.82, 2.24) is 19.4 Å². The normalized spacial score (nSPS) is 24.9. The lowest BCUT2D eigenvalue weighted by atomic mass is 9.92. The molecule has 4 amide bonds. The summed E-state index contributed by atoms with van der Waals surface area (Å²) < 4.78 is 25.3. The highest BCUT2D eigenvalue weighted by molar-refractivity contribution is 7.89. The van der Waals surface area contributed by atoms with Crippen LogP contribution < -0.4 is 5.32 Å². The molecule has 0 saturated carbocycles. The Morgan fingerprint density at radius 1 is 1.14 bits per heavy atom. The molecule has 2 fully saturated rings. The topological polar surface area (TPSA) is 107 Å². The minimum atomic E-state index is -3.29. The molecule has 2 aliphatic heterocycles. The molecule has 0 aromatic heterocycles. The summed E-state index contributed by atoms with van der Waals surface area (Å²) in [5.74, 6) is -0.731. The van der Waals surface area contributed by atoms with Crippen molar-refractivity contribution in [3.05, 3.63) is 35.4 Å². The van der Waals surface area contributed by atoms with E-state index in [0.717, 1.165) is 16.0 Å². The molecule has 1 aliphatic carbocycles. The molecular weight excluding hydrogens is 396 g/mol. The maximum absolute atomic E-state index is 13.1. The number of urea groups is 1. The van der Waals surface area contributed by atoms with E-state index in [2.05, 4.69) is 5.32 Å². The zero-order valence-corrected chi connectivity index (χ0v) is 17.1. The van der Waals surface area contributed by atoms with E-state index in [1.165, 1.54) is 9.21 Å². The number of fused-ring (bicyclic) bond motifs is 2. The molecule has 0 bridgehead atoms. The van der Waals surface area contributed by atoms with E-state index in [1.54, 1.807) is 6.92 Å². The second-order valence-corrected chi connectivity index (χ2v) is 9.82. The number of carbonyl (C=O) groups excluding carboxylic acids is 3. The standard InChI is InChI=1S/C19H24N4O5S/c1-2-29(27,28)22-11-9-21(10-12-22)16(24)13-23-17(25)19(20-18(23)26)8-7-14-5-3-4-6-15(14)19/h3-6H,2,7-13H2,1H3,(H,20,26). The van der Waals surface area contributed by atoms with E-state index in [0.29, 0.717) is 12.8 Å². The minimum absolute atomic E-state index is 0.0208. The van der Waals surface area contributed by atoms with Gasteiger partial charge in [-0.25, -0.2) is 13.2 Å². The van der Waals surface area contributed by atoms with Gasteiger partial charge in [0.2, 0.25) is 15.9 Å². The molecule has 9 nitrogen and oxygen atoms in total. The number of nitrogens with zero attached hydrogens (tertiary/aromatic N) is 3. The number of amides is 4. The fraction of sp³-hybridized carbons (Fsp3) is 0.526. The second-order valence-electron chi connectivity index (χ2n) is 7.56. The fourth-order valence-electron chi connectivity index (χ4n) is 4.37. The van der Waals surface area contributed by atoms with Gasteiger partial charge in [-0.05, 0) is 30.9 Å². The van der Waals surface area contributed by atoms with Crippen LogP contribution in [0.3, 0.4) is 0 Å². The van der Waals surface area contributed by atoms with Crippen molar-refractivity contribution >= 4 is 27.9 Å². The van der Waals surface area contributed by atoms with Crippen molar-refractivity contribution in [2.45, 2.75) is 25.3 Å². The van der Waals surface area contributed by atoms with Crippen LogP contribution in [0.25, 0.3) is 0 Å². The second kappa shape index (κ2) is 7.10. The van der Waals surface area contributed by atoms with Crippen LogP contribution in [0.1, 0.15) is 24.5 Å². The largest absolute Gasteiger partial charge is 0.338 e. The molecule has 3 aliphatic rings. The molecule has 1 aromatic rings. The average molecular weight is 420 g/mol. The van der Waals surface area contributed by atoms with Crippen LogP contribution in [0.5, 0.6) is 0 Å². The number of aryl methyl sites for hydroxylation is 1. The number of nitrogens with one attached hydrogen (secondary N) is 1. The molecule has 1 atom stereocenters. The van der Waals surface area contributed by atoms with E-state index in [1.807, 2.05) is 24.3 Å². The van der Waals surface area contributed by atoms with E-state index in [-0.39, 0.29) is 44.4 Å². The molecule has 4 rings (SSSR count). The van der Waals surface area contributed by atoms with Gasteiger partial charge in [0.25, 0.3) is 5.91 Å². The Kier molecular flexibility index (Phi) is 4.86. The van der Waals surface area contributed by atoms with Gasteiger partial charge < -0.3 is 10.2 Å². The summed E-state index contributed by atoms with van der Waals surface area (Å²) in [5, 5.41) is 2.81. The van der Waals surface area contributed by atoms with Crippen LogP contribution in [0.4, 0.5) is 4.79 Å². The minimum Gasteiger partial charge on any atom is -0.338 e. The third-order valence-corrected chi connectivity index (χ3v) is 7.95. The summed E-state index contributed by atoms with van der Waals surface area (Å²) >= 11 is 0. The predicted molar refractivity (Wildman–Crippen MR) is 104 cm³/mol. The summed E-state index contributed by atoms with van der Waals surface area (Å²) in [7, 11) is -3.29. The number of benzene rings is 1. The van der Waals surface area contributed by atoms with Gasteiger partial charge in [0, 0.05) is 26.2 Å². The average Bonchev–Trinajstić information content (AvgIpc) is 3.21. The summed E-state index contributed by atoms with van der Waals surface area (Å²) in [6.07, 6.45) is 1.17. The van der Waals surface area contributed by atoms with Crippen LogP contribution in [0.2, 0.25) is 0 Å². The summed E-state index contributed by atoms with van der Waals surface area (Å²) in [4.78, 5) is 40.9. The van der Waals surface area contributed by atoms with Crippen molar-refractivity contribution in [3.63, 3.8) is 0 Å². The van der Waals surface area contributed by atoms with Crippen molar-refractivity contribution in [2.75, 3.05) is 38.5 Å². The molecule has 2 heterocycles. The first-order chi connectivity index (χ1) is 13.8. The van der Waals surface area contributed by atoms with Crippen LogP contribution in [0.15, 0.2) is 24.3 Å². The first-order valence-electron chi connectivity index (χ1n) is 9.76. The molecule has 1 unspecified atom stereocenters. The third kappa shape index (κ3) is 3.20. The lowest BCUT2D eigenvalue weighted by Crippen LogP contribution is -2.53. The zero-order valence-electron chi connectivity index (χ0n) is 16.3. The molecule has 2 saturated heterocycles. The van der Waals surface area contributed by atoms with Gasteiger partial charge in [0.1, 0.15) is 12.1 Å². The number of hydrogen-bond acceptors (Lipinski definition) is 5. The van der Waals surface area contributed by atoms with Gasteiger partial charge in [0.15, 0.2) is 0 Å². The van der Waals surface area contributed by atoms with Gasteiger partial charge in [-0.1, -0.05) is 24.3 Å². The van der Waals surface area contributed by atoms with Crippen LogP contribution in [-0.4, -0.2) is 78.8 Å². The Labute approximate surface area is 169 Å². The van der Waals surface area contributed by atoms with Gasteiger partial charge in [-0.3, -0.25) is 14.5 Å². The summed E-state index contributed by atoms with van der Waals surface area (Å²) in [6, 6.07) is 6.97. The maximum Gasteiger partial charge on any atom is 0.325 e. The molecule has 156 valence electrons. The lowest BCUT2D eigenvalue weighted by molar-refractivity contribution is -0.139. The Balaban J connectivity index is 1.44. The third-order valence-electron chi connectivity index (χ3n) is 6.07. The molecule has 1 spiro atoms. The van der Waals surface area contributed by atoms with E-state index < -0.39 is 27.5 Å². The summed E-state index contributed by atoms with van der Waals surface area (Å²) in [6.45, 7) is 2.18. The van der Waals surface area contributed by atoms with Crippen LogP contribution in [-0.2, 0) is 31.6 Å². The highest BCUT2D eigenvalue weighted by Gasteiger charge is 2.55. The Hall–Kier alpha value is -2.46. The SMILES string of the molecule is CCS(=O)(=O)N1CCN(C(=O)CN2C(=O)NC3(CCc4ccccc43)C2=O)CC1. The Morgan fingerprint density at radius 2 is 1.83 bits per heavy atom. The smallest absolute Gasteiger partial charge is 0.325 e. The monoisotopic (exact) mass is 420 g/mol. The first kappa shape index (κ1) is 19.8. The van der Waals surface area contributed by atoms with Gasteiger partial charge in [0.05, 0.1) is 5.75 Å². The van der Waals surface area contributed by atoms with Crippen molar-refractivity contribution < 1.29 is 22.8 Å². The molecule has 10 heteroatoms. The number of imide groups is 1. The number of sulfonamides is 1. The van der Waals surface area contributed by atoms with E-state index in [9.17, 15) is 22.8 Å². The van der Waals surface area contributed by atoms with Gasteiger partial charge in [-0.2, -0.15) is 4.31 Å². The summed E-state index contributed by atoms with van der Waals surface area (Å²) in [5.41, 5.74) is 0.747. The van der Waals surface area contributed by atoms with Gasteiger partial charge in [-0.15, -0.1) is 0 Å². The van der Waals surface area contributed by atoms with Crippen molar-refractivity contribution in [1.29, 1.82) is 0 Å². The van der Waals surface area contributed by atoms with Gasteiger partial charge >= 0.3 is 6.03 Å². The highest BCUT2D eigenvalue weighted by atomic mass is 32.2. The predicted octanol–water partition coefficient (Wildman–Crippen LogP) is -0.126. The first-order valence-corrected chi connectivity index (χ1v) is 11.4. The van der Waals surface area contributed by atoms with E-state index >= 15 is 0 Å². The molecule has 1 aromatic carbocycles. The molecule has 1 N–H and O–H groups in total. The maximum atomic E-state index is 13.1. The van der Waals surface area contributed by atoms with Crippen LogP contribution >= 0.6 is 0 Å². The van der Waals surface area contributed by atoms with Crippen molar-refractivity contribution in [3.8, 4) is 0 Å². The number of hydrogen-bond donors (Lipinski definition) is 1. The molecule has 0 radical (unpaired) electrons. The lowest BCUT2D eigenvalue weighted by Gasteiger charge is -2.34. The number of rotatable bonds is 4. The Morgan fingerprint density at radius 3 is 2.52 bits per heavy atom. The highest BCUT2D eigenvalue weighted by Crippen LogP contribution is 2.41.